The Bertz CT molecular complexity index is 318. The van der Waals surface area contributed by atoms with Gasteiger partial charge >= 0.3 is 0 Å². The first-order valence-electron chi connectivity index (χ1n) is 6.96. The number of benzene rings is 1. The number of ether oxygens (including phenoxy) is 1. The summed E-state index contributed by atoms with van der Waals surface area (Å²) in [6.45, 7) is 7.73. The van der Waals surface area contributed by atoms with Crippen LogP contribution in [0, 0.1) is 11.8 Å². The maximum absolute atomic E-state index is 5.74. The van der Waals surface area contributed by atoms with E-state index in [1.54, 1.807) is 0 Å². The van der Waals surface area contributed by atoms with E-state index < -0.39 is 0 Å². The Morgan fingerprint density at radius 3 is 2.28 bits per heavy atom. The van der Waals surface area contributed by atoms with E-state index in [0.29, 0.717) is 0 Å². The predicted molar refractivity (Wildman–Crippen MR) is 82.1 cm³/mol. The molecule has 2 heteroatoms. The van der Waals surface area contributed by atoms with Crippen LogP contribution in [0.2, 0.25) is 0 Å². The quantitative estimate of drug-likeness (QED) is 0.600. The fraction of sp³-hybridized carbons (Fsp3) is 0.625. The van der Waals surface area contributed by atoms with Crippen LogP contribution < -0.4 is 4.74 Å². The molecular formula is C16H25BrO. The lowest BCUT2D eigenvalue weighted by atomic mass is 9.98. The minimum atomic E-state index is 0.763. The lowest BCUT2D eigenvalue weighted by molar-refractivity contribution is 0.275. The molecule has 0 aliphatic carbocycles. The van der Waals surface area contributed by atoms with Gasteiger partial charge in [-0.05, 0) is 42.5 Å². The summed E-state index contributed by atoms with van der Waals surface area (Å²) in [6.07, 6.45) is 5.16. The lowest BCUT2D eigenvalue weighted by Crippen LogP contribution is -2.04. The van der Waals surface area contributed by atoms with Crippen molar-refractivity contribution in [2.75, 3.05) is 6.61 Å². The van der Waals surface area contributed by atoms with Crippen molar-refractivity contribution in [3.63, 3.8) is 0 Å². The first-order chi connectivity index (χ1) is 8.58. The van der Waals surface area contributed by atoms with E-state index in [2.05, 4.69) is 36.7 Å². The average molecular weight is 313 g/mol. The molecule has 0 N–H and O–H groups in total. The Morgan fingerprint density at radius 1 is 1.00 bits per heavy atom. The third-order valence-electron chi connectivity index (χ3n) is 3.17. The van der Waals surface area contributed by atoms with Crippen LogP contribution in [0.25, 0.3) is 0 Å². The largest absolute Gasteiger partial charge is 0.494 e. The van der Waals surface area contributed by atoms with Gasteiger partial charge in [-0.15, -0.1) is 0 Å². The molecule has 1 aromatic carbocycles. The molecule has 0 fully saturated rings. The third-order valence-corrected chi connectivity index (χ3v) is 3.70. The van der Waals surface area contributed by atoms with Gasteiger partial charge in [-0.3, -0.25) is 0 Å². The summed E-state index contributed by atoms with van der Waals surface area (Å²) in [6, 6.07) is 8.05. The van der Waals surface area contributed by atoms with Gasteiger partial charge in [0.2, 0.25) is 0 Å². The van der Waals surface area contributed by atoms with Crippen LogP contribution in [0.4, 0.5) is 0 Å². The molecule has 0 saturated heterocycles. The van der Waals surface area contributed by atoms with Gasteiger partial charge in [0, 0.05) is 4.47 Å². The van der Waals surface area contributed by atoms with Crippen molar-refractivity contribution < 1.29 is 4.74 Å². The van der Waals surface area contributed by atoms with E-state index in [9.17, 15) is 0 Å². The summed E-state index contributed by atoms with van der Waals surface area (Å²) in [4.78, 5) is 0. The second-order valence-electron chi connectivity index (χ2n) is 5.52. The summed E-state index contributed by atoms with van der Waals surface area (Å²) >= 11 is 3.42. The van der Waals surface area contributed by atoms with Crippen molar-refractivity contribution in [2.45, 2.75) is 46.5 Å². The second kappa shape index (κ2) is 8.58. The highest BCUT2D eigenvalue weighted by Gasteiger charge is 2.03. The molecule has 1 aromatic rings. The standard InChI is InChI=1S/C16H25BrO/c1-13(2)5-4-6-14(3)11-12-18-16-9-7-15(17)8-10-16/h7-10,13-14H,4-6,11-12H2,1-3H3. The number of hydrogen-bond donors (Lipinski definition) is 0. The van der Waals surface area contributed by atoms with E-state index in [1.807, 2.05) is 24.3 Å². The monoisotopic (exact) mass is 312 g/mol. The van der Waals surface area contributed by atoms with Crippen LogP contribution in [-0.2, 0) is 0 Å². The van der Waals surface area contributed by atoms with Crippen LogP contribution in [0.15, 0.2) is 28.7 Å². The van der Waals surface area contributed by atoms with Crippen molar-refractivity contribution in [2.24, 2.45) is 11.8 Å². The molecule has 0 saturated carbocycles. The molecule has 1 atom stereocenters. The van der Waals surface area contributed by atoms with Crippen molar-refractivity contribution >= 4 is 15.9 Å². The summed E-state index contributed by atoms with van der Waals surface area (Å²) in [7, 11) is 0. The van der Waals surface area contributed by atoms with E-state index >= 15 is 0 Å². The normalized spacial score (nSPS) is 12.7. The fourth-order valence-corrected chi connectivity index (χ4v) is 2.19. The molecule has 102 valence electrons. The molecule has 0 amide bonds. The maximum atomic E-state index is 5.74. The van der Waals surface area contributed by atoms with Crippen LogP contribution in [0.3, 0.4) is 0 Å². The number of hydrogen-bond acceptors (Lipinski definition) is 1. The van der Waals surface area contributed by atoms with Gasteiger partial charge in [0.15, 0.2) is 0 Å². The smallest absolute Gasteiger partial charge is 0.119 e. The Morgan fingerprint density at radius 2 is 1.67 bits per heavy atom. The minimum Gasteiger partial charge on any atom is -0.494 e. The Kier molecular flexibility index (Phi) is 7.41. The molecular weight excluding hydrogens is 288 g/mol. The summed E-state index contributed by atoms with van der Waals surface area (Å²) in [5.74, 6) is 2.56. The van der Waals surface area contributed by atoms with Gasteiger partial charge in [-0.1, -0.05) is 56.0 Å². The second-order valence-corrected chi connectivity index (χ2v) is 6.44. The van der Waals surface area contributed by atoms with Crippen LogP contribution in [-0.4, -0.2) is 6.61 Å². The van der Waals surface area contributed by atoms with E-state index in [-0.39, 0.29) is 0 Å². The highest BCUT2D eigenvalue weighted by atomic mass is 79.9. The fourth-order valence-electron chi connectivity index (χ4n) is 1.93. The highest BCUT2D eigenvalue weighted by Crippen LogP contribution is 2.18. The van der Waals surface area contributed by atoms with Crippen LogP contribution >= 0.6 is 15.9 Å². The van der Waals surface area contributed by atoms with Crippen molar-refractivity contribution in [1.29, 1.82) is 0 Å². The first kappa shape index (κ1) is 15.6. The molecule has 0 aliphatic heterocycles. The Hall–Kier alpha value is -0.500. The molecule has 18 heavy (non-hydrogen) atoms. The van der Waals surface area contributed by atoms with Gasteiger partial charge in [0.05, 0.1) is 6.61 Å². The summed E-state index contributed by atoms with van der Waals surface area (Å²) < 4.78 is 6.83. The zero-order valence-corrected chi connectivity index (χ0v) is 13.4. The van der Waals surface area contributed by atoms with E-state index in [0.717, 1.165) is 35.1 Å². The molecule has 0 heterocycles. The molecule has 0 radical (unpaired) electrons. The summed E-state index contributed by atoms with van der Waals surface area (Å²) in [5, 5.41) is 0. The van der Waals surface area contributed by atoms with E-state index in [4.69, 9.17) is 4.74 Å². The highest BCUT2D eigenvalue weighted by molar-refractivity contribution is 9.10. The molecule has 0 aromatic heterocycles. The van der Waals surface area contributed by atoms with Gasteiger partial charge in [0.1, 0.15) is 5.75 Å². The summed E-state index contributed by atoms with van der Waals surface area (Å²) in [5.41, 5.74) is 0. The minimum absolute atomic E-state index is 0.763. The van der Waals surface area contributed by atoms with Crippen molar-refractivity contribution in [1.82, 2.24) is 0 Å². The van der Waals surface area contributed by atoms with Gasteiger partial charge in [-0.25, -0.2) is 0 Å². The zero-order valence-electron chi connectivity index (χ0n) is 11.8. The topological polar surface area (TPSA) is 9.23 Å². The third kappa shape index (κ3) is 7.05. The number of rotatable bonds is 8. The van der Waals surface area contributed by atoms with Gasteiger partial charge < -0.3 is 4.74 Å². The maximum Gasteiger partial charge on any atom is 0.119 e. The van der Waals surface area contributed by atoms with Crippen LogP contribution in [0.5, 0.6) is 5.75 Å². The predicted octanol–water partition coefficient (Wildman–Crippen LogP) is 5.68. The molecule has 1 nitrogen and oxygen atoms in total. The van der Waals surface area contributed by atoms with Crippen molar-refractivity contribution in [3.05, 3.63) is 28.7 Å². The Labute approximate surface area is 120 Å². The molecule has 0 spiro atoms. The average Bonchev–Trinajstić information content (AvgIpc) is 2.31. The molecule has 0 aliphatic rings. The zero-order chi connectivity index (χ0) is 13.4. The lowest BCUT2D eigenvalue weighted by Gasteiger charge is -2.13. The first-order valence-corrected chi connectivity index (χ1v) is 7.75. The number of halogens is 1. The van der Waals surface area contributed by atoms with Gasteiger partial charge in [0.25, 0.3) is 0 Å². The molecule has 1 rings (SSSR count). The molecule has 1 unspecified atom stereocenters. The van der Waals surface area contributed by atoms with Crippen LogP contribution in [0.1, 0.15) is 46.5 Å². The SMILES string of the molecule is CC(C)CCCC(C)CCOc1ccc(Br)cc1. The van der Waals surface area contributed by atoms with Gasteiger partial charge in [-0.2, -0.15) is 0 Å². The van der Waals surface area contributed by atoms with Crippen molar-refractivity contribution in [3.8, 4) is 5.75 Å². The molecule has 0 bridgehead atoms. The Balaban J connectivity index is 2.11. The van der Waals surface area contributed by atoms with E-state index in [1.165, 1.54) is 19.3 Å².